The van der Waals surface area contributed by atoms with Crippen LogP contribution in [0.2, 0.25) is 0 Å². The van der Waals surface area contributed by atoms with Crippen molar-refractivity contribution in [3.05, 3.63) is 25.3 Å². The molecule has 2 N–H and O–H groups in total. The SMILES string of the molecule is C=CC.C=CC(=O)NCCCOC(C)C.CCOC(C)(C)CCNC=O. The molecule has 154 valence electrons. The van der Waals surface area contributed by atoms with Crippen LogP contribution < -0.4 is 10.6 Å². The summed E-state index contributed by atoms with van der Waals surface area (Å²) in [5.74, 6) is -0.125. The molecule has 26 heavy (non-hydrogen) atoms. The van der Waals surface area contributed by atoms with E-state index in [9.17, 15) is 9.59 Å². The first kappa shape index (κ1) is 29.1. The summed E-state index contributed by atoms with van der Waals surface area (Å²) < 4.78 is 10.7. The van der Waals surface area contributed by atoms with Gasteiger partial charge < -0.3 is 20.1 Å². The van der Waals surface area contributed by atoms with Gasteiger partial charge in [0, 0.05) is 26.3 Å². The Morgan fingerprint density at radius 1 is 1.23 bits per heavy atom. The lowest BCUT2D eigenvalue weighted by Crippen LogP contribution is -2.29. The number of ether oxygens (including phenoxy) is 2. The Bertz CT molecular complexity index is 356. The third-order valence-electron chi connectivity index (χ3n) is 2.75. The van der Waals surface area contributed by atoms with Crippen molar-refractivity contribution in [2.45, 2.75) is 66.1 Å². The minimum absolute atomic E-state index is 0.120. The second-order valence-corrected chi connectivity index (χ2v) is 6.19. The maximum atomic E-state index is 10.6. The van der Waals surface area contributed by atoms with Gasteiger partial charge in [0.25, 0.3) is 0 Å². The van der Waals surface area contributed by atoms with Crippen molar-refractivity contribution >= 4 is 12.3 Å². The zero-order valence-corrected chi connectivity index (χ0v) is 17.6. The molecular weight excluding hydrogens is 332 g/mol. The van der Waals surface area contributed by atoms with E-state index < -0.39 is 0 Å². The molecule has 0 aliphatic heterocycles. The zero-order chi connectivity index (χ0) is 20.8. The van der Waals surface area contributed by atoms with Crippen molar-refractivity contribution in [2.24, 2.45) is 0 Å². The topological polar surface area (TPSA) is 76.7 Å². The van der Waals surface area contributed by atoms with Crippen LogP contribution in [0.3, 0.4) is 0 Å². The highest BCUT2D eigenvalue weighted by Crippen LogP contribution is 2.12. The molecule has 6 heteroatoms. The van der Waals surface area contributed by atoms with Gasteiger partial charge in [0.05, 0.1) is 11.7 Å². The number of carbonyl (C=O) groups excluding carboxylic acids is 2. The fraction of sp³-hybridized carbons (Fsp3) is 0.700. The van der Waals surface area contributed by atoms with Crippen molar-refractivity contribution < 1.29 is 19.1 Å². The Hall–Kier alpha value is -1.66. The number of allylic oxidation sites excluding steroid dienone is 1. The van der Waals surface area contributed by atoms with Gasteiger partial charge in [-0.15, -0.1) is 6.58 Å². The van der Waals surface area contributed by atoms with Crippen LogP contribution in [-0.2, 0) is 19.1 Å². The highest BCUT2D eigenvalue weighted by molar-refractivity contribution is 5.86. The van der Waals surface area contributed by atoms with E-state index in [1.165, 1.54) is 6.08 Å². The summed E-state index contributed by atoms with van der Waals surface area (Å²) in [5.41, 5.74) is -0.120. The number of amides is 2. The molecule has 0 aromatic carbocycles. The normalized spacial score (nSPS) is 9.81. The lowest BCUT2D eigenvalue weighted by Gasteiger charge is -2.24. The molecule has 0 saturated carbocycles. The maximum Gasteiger partial charge on any atom is 0.243 e. The molecule has 0 unspecified atom stereocenters. The highest BCUT2D eigenvalue weighted by Gasteiger charge is 2.16. The molecule has 0 bridgehead atoms. The molecule has 0 aliphatic carbocycles. The van der Waals surface area contributed by atoms with Crippen molar-refractivity contribution in [2.75, 3.05) is 26.3 Å². The van der Waals surface area contributed by atoms with Crippen LogP contribution >= 0.6 is 0 Å². The van der Waals surface area contributed by atoms with Crippen LogP contribution in [0.15, 0.2) is 25.3 Å². The van der Waals surface area contributed by atoms with E-state index in [0.717, 1.165) is 12.8 Å². The predicted molar refractivity (Wildman–Crippen MR) is 109 cm³/mol. The highest BCUT2D eigenvalue weighted by atomic mass is 16.5. The summed E-state index contributed by atoms with van der Waals surface area (Å²) in [5, 5.41) is 5.27. The first-order valence-electron chi connectivity index (χ1n) is 9.10. The summed E-state index contributed by atoms with van der Waals surface area (Å²) >= 11 is 0. The van der Waals surface area contributed by atoms with Gasteiger partial charge in [-0.1, -0.05) is 12.7 Å². The molecule has 0 saturated heterocycles. The van der Waals surface area contributed by atoms with Gasteiger partial charge in [0.15, 0.2) is 0 Å². The lowest BCUT2D eigenvalue weighted by atomic mass is 10.1. The van der Waals surface area contributed by atoms with Gasteiger partial charge in [0.2, 0.25) is 12.3 Å². The predicted octanol–water partition coefficient (Wildman–Crippen LogP) is 3.23. The number of rotatable bonds is 12. The van der Waals surface area contributed by atoms with Crippen LogP contribution in [0.1, 0.15) is 54.4 Å². The number of nitrogens with one attached hydrogen (secondary N) is 2. The summed E-state index contributed by atoms with van der Waals surface area (Å²) in [6, 6.07) is 0. The maximum absolute atomic E-state index is 10.6. The van der Waals surface area contributed by atoms with E-state index in [1.54, 1.807) is 6.08 Å². The zero-order valence-electron chi connectivity index (χ0n) is 17.6. The van der Waals surface area contributed by atoms with E-state index in [4.69, 9.17) is 9.47 Å². The molecule has 0 spiro atoms. The molecule has 0 aromatic rings. The van der Waals surface area contributed by atoms with Crippen LogP contribution in [0.4, 0.5) is 0 Å². The van der Waals surface area contributed by atoms with Crippen LogP contribution in [0.5, 0.6) is 0 Å². The molecule has 2 amide bonds. The fourth-order valence-corrected chi connectivity index (χ4v) is 1.57. The lowest BCUT2D eigenvalue weighted by molar-refractivity contribution is -0.116. The largest absolute Gasteiger partial charge is 0.379 e. The van der Waals surface area contributed by atoms with Crippen LogP contribution in [0.25, 0.3) is 0 Å². The van der Waals surface area contributed by atoms with Crippen LogP contribution in [-0.4, -0.2) is 50.3 Å². The first-order chi connectivity index (χ1) is 12.2. The van der Waals surface area contributed by atoms with E-state index in [0.29, 0.717) is 32.7 Å². The van der Waals surface area contributed by atoms with Gasteiger partial charge in [-0.3, -0.25) is 9.59 Å². The molecule has 0 aromatic heterocycles. The standard InChI is InChI=1S/C9H17NO2.C8H17NO2.C3H6/c1-4-9(11)10-6-5-7-12-8(2)3;1-4-11-8(2,3)5-6-9-7-10;1-3-2/h4,8H,1,5-7H2,2-3H3,(H,10,11);7H,4-6H2,1-3H3,(H,9,10);3H,1H2,2H3. The average molecular weight is 373 g/mol. The second-order valence-electron chi connectivity index (χ2n) is 6.19. The second kappa shape index (κ2) is 21.4. The average Bonchev–Trinajstić information content (AvgIpc) is 2.55. The molecule has 6 nitrogen and oxygen atoms in total. The van der Waals surface area contributed by atoms with Crippen molar-refractivity contribution in [1.29, 1.82) is 0 Å². The van der Waals surface area contributed by atoms with Gasteiger partial charge in [-0.25, -0.2) is 0 Å². The first-order valence-corrected chi connectivity index (χ1v) is 9.10. The summed E-state index contributed by atoms with van der Waals surface area (Å²) in [6.07, 6.45) is 5.68. The molecule has 0 aliphatic rings. The van der Waals surface area contributed by atoms with Gasteiger partial charge in [0.1, 0.15) is 0 Å². The Balaban J connectivity index is -0.000000354. The minimum Gasteiger partial charge on any atom is -0.379 e. The van der Waals surface area contributed by atoms with E-state index >= 15 is 0 Å². The van der Waals surface area contributed by atoms with Gasteiger partial charge >= 0.3 is 0 Å². The van der Waals surface area contributed by atoms with Gasteiger partial charge in [-0.2, -0.15) is 0 Å². The molecular formula is C20H40N2O4. The Morgan fingerprint density at radius 2 is 1.81 bits per heavy atom. The third kappa shape index (κ3) is 30.2. The van der Waals surface area contributed by atoms with E-state index in [1.807, 2.05) is 41.5 Å². The number of carbonyl (C=O) groups is 2. The molecule has 0 heterocycles. The van der Waals surface area contributed by atoms with E-state index in [-0.39, 0.29) is 17.6 Å². The summed E-state index contributed by atoms with van der Waals surface area (Å²) in [6.45, 7) is 21.3. The van der Waals surface area contributed by atoms with Crippen molar-refractivity contribution in [1.82, 2.24) is 10.6 Å². The minimum atomic E-state index is -0.125. The van der Waals surface area contributed by atoms with E-state index in [2.05, 4.69) is 23.8 Å². The number of hydrogen-bond acceptors (Lipinski definition) is 4. The van der Waals surface area contributed by atoms with Crippen molar-refractivity contribution in [3.63, 3.8) is 0 Å². The number of hydrogen-bond donors (Lipinski definition) is 2. The monoisotopic (exact) mass is 372 g/mol. The quantitative estimate of drug-likeness (QED) is 0.239. The van der Waals surface area contributed by atoms with Crippen molar-refractivity contribution in [3.8, 4) is 0 Å². The molecule has 0 atom stereocenters. The fourth-order valence-electron chi connectivity index (χ4n) is 1.57. The van der Waals surface area contributed by atoms with Gasteiger partial charge in [-0.05, 0) is 60.5 Å². The summed E-state index contributed by atoms with van der Waals surface area (Å²) in [4.78, 5) is 20.5. The Morgan fingerprint density at radius 3 is 2.23 bits per heavy atom. The smallest absolute Gasteiger partial charge is 0.243 e. The third-order valence-corrected chi connectivity index (χ3v) is 2.75. The molecule has 0 rings (SSSR count). The summed E-state index contributed by atoms with van der Waals surface area (Å²) in [7, 11) is 0. The Kier molecular flexibility index (Phi) is 23.9. The molecule has 0 radical (unpaired) electrons. The Labute approximate surface area is 160 Å². The molecule has 0 fully saturated rings. The van der Waals surface area contributed by atoms with Crippen LogP contribution in [0, 0.1) is 0 Å².